The quantitative estimate of drug-likeness (QED) is 0.912. The molecule has 0 aromatic heterocycles. The average molecular weight is 316 g/mol. The monoisotopic (exact) mass is 315 g/mol. The highest BCUT2D eigenvalue weighted by Crippen LogP contribution is 2.49. The maximum Gasteiger partial charge on any atom is 0.178 e. The largest absolute Gasteiger partial charge is 0.486 e. The Balaban J connectivity index is 2.13. The zero-order chi connectivity index (χ0) is 12.8. The number of ether oxygens (including phenoxy) is 2. The Morgan fingerprint density at radius 2 is 2.06 bits per heavy atom. The van der Waals surface area contributed by atoms with E-state index in [1.807, 2.05) is 0 Å². The molecule has 0 spiro atoms. The molecule has 0 radical (unpaired) electrons. The van der Waals surface area contributed by atoms with Crippen molar-refractivity contribution in [2.45, 2.75) is 24.7 Å². The van der Waals surface area contributed by atoms with Gasteiger partial charge < -0.3 is 15.2 Å². The lowest BCUT2D eigenvalue weighted by Gasteiger charge is -2.42. The van der Waals surface area contributed by atoms with E-state index in [0.717, 1.165) is 19.3 Å². The van der Waals surface area contributed by atoms with Gasteiger partial charge in [0, 0.05) is 17.5 Å². The summed E-state index contributed by atoms with van der Waals surface area (Å²) in [6, 6.07) is 1.76. The van der Waals surface area contributed by atoms with E-state index in [9.17, 15) is 4.39 Å². The SMILES string of the molecule is NCC1(c2cc3c(c(Br)c2F)OCCO3)CCC1. The number of rotatable bonds is 2. The molecule has 0 unspecified atom stereocenters. The molecule has 1 aliphatic carbocycles. The number of halogens is 2. The van der Waals surface area contributed by atoms with Crippen molar-refractivity contribution in [2.24, 2.45) is 5.73 Å². The smallest absolute Gasteiger partial charge is 0.178 e. The van der Waals surface area contributed by atoms with Crippen LogP contribution >= 0.6 is 15.9 Å². The van der Waals surface area contributed by atoms with Gasteiger partial charge in [-0.1, -0.05) is 6.42 Å². The molecule has 5 heteroatoms. The van der Waals surface area contributed by atoms with Crippen LogP contribution in [-0.2, 0) is 5.41 Å². The summed E-state index contributed by atoms with van der Waals surface area (Å²) >= 11 is 3.27. The van der Waals surface area contributed by atoms with Crippen molar-refractivity contribution in [3.8, 4) is 11.5 Å². The molecule has 2 aliphatic rings. The third kappa shape index (κ3) is 1.64. The Labute approximate surface area is 114 Å². The summed E-state index contributed by atoms with van der Waals surface area (Å²) in [4.78, 5) is 0. The zero-order valence-corrected chi connectivity index (χ0v) is 11.6. The van der Waals surface area contributed by atoms with Crippen LogP contribution < -0.4 is 15.2 Å². The topological polar surface area (TPSA) is 44.5 Å². The number of hydrogen-bond acceptors (Lipinski definition) is 3. The lowest BCUT2D eigenvalue weighted by atomic mass is 9.64. The lowest BCUT2D eigenvalue weighted by molar-refractivity contribution is 0.167. The normalized spacial score (nSPS) is 20.4. The van der Waals surface area contributed by atoms with Crippen LogP contribution in [0.4, 0.5) is 4.39 Å². The first-order chi connectivity index (χ1) is 8.68. The van der Waals surface area contributed by atoms with Crippen molar-refractivity contribution in [2.75, 3.05) is 19.8 Å². The van der Waals surface area contributed by atoms with Crippen molar-refractivity contribution in [3.63, 3.8) is 0 Å². The zero-order valence-electron chi connectivity index (χ0n) is 9.97. The highest BCUT2D eigenvalue weighted by atomic mass is 79.9. The van der Waals surface area contributed by atoms with Crippen LogP contribution in [0.25, 0.3) is 0 Å². The van der Waals surface area contributed by atoms with E-state index in [1.54, 1.807) is 6.07 Å². The molecule has 1 aromatic carbocycles. The van der Waals surface area contributed by atoms with Crippen molar-refractivity contribution in [3.05, 3.63) is 21.9 Å². The Bertz CT molecular complexity index is 483. The Kier molecular flexibility index (Phi) is 2.98. The fourth-order valence-electron chi connectivity index (χ4n) is 2.70. The van der Waals surface area contributed by atoms with Gasteiger partial charge in [-0.05, 0) is 34.8 Å². The molecule has 0 saturated heterocycles. The van der Waals surface area contributed by atoms with E-state index in [1.165, 1.54) is 0 Å². The third-order valence-electron chi connectivity index (χ3n) is 3.99. The van der Waals surface area contributed by atoms with Gasteiger partial charge in [0.1, 0.15) is 19.0 Å². The number of benzene rings is 1. The highest BCUT2D eigenvalue weighted by molar-refractivity contribution is 9.10. The summed E-state index contributed by atoms with van der Waals surface area (Å²) in [5, 5.41) is 0. The molecule has 18 heavy (non-hydrogen) atoms. The second-order valence-corrected chi connectivity index (χ2v) is 5.71. The molecule has 3 nitrogen and oxygen atoms in total. The lowest BCUT2D eigenvalue weighted by Crippen LogP contribution is -2.42. The van der Waals surface area contributed by atoms with Crippen molar-refractivity contribution in [1.82, 2.24) is 0 Å². The minimum atomic E-state index is -0.260. The first-order valence-electron chi connectivity index (χ1n) is 6.16. The van der Waals surface area contributed by atoms with Crippen LogP contribution in [0.5, 0.6) is 11.5 Å². The Morgan fingerprint density at radius 3 is 2.67 bits per heavy atom. The molecule has 1 heterocycles. The van der Waals surface area contributed by atoms with E-state index in [2.05, 4.69) is 15.9 Å². The maximum absolute atomic E-state index is 14.5. The second-order valence-electron chi connectivity index (χ2n) is 4.91. The van der Waals surface area contributed by atoms with Crippen LogP contribution in [-0.4, -0.2) is 19.8 Å². The standard InChI is InChI=1S/C13H15BrFNO2/c14-10-11(15)8(13(7-16)2-1-3-13)6-9-12(10)18-5-4-17-9/h6H,1-5,7,16H2. The first kappa shape index (κ1) is 12.2. The molecular weight excluding hydrogens is 301 g/mol. The van der Waals surface area contributed by atoms with Crippen LogP contribution in [0.2, 0.25) is 0 Å². The van der Waals surface area contributed by atoms with Crippen molar-refractivity contribution in [1.29, 1.82) is 0 Å². The summed E-state index contributed by atoms with van der Waals surface area (Å²) in [6.07, 6.45) is 2.97. The molecule has 0 bridgehead atoms. The van der Waals surface area contributed by atoms with Crippen LogP contribution in [0.1, 0.15) is 24.8 Å². The van der Waals surface area contributed by atoms with Gasteiger partial charge in [-0.2, -0.15) is 0 Å². The summed E-state index contributed by atoms with van der Waals surface area (Å²) in [5.41, 5.74) is 6.28. The van der Waals surface area contributed by atoms with Crippen molar-refractivity contribution < 1.29 is 13.9 Å². The van der Waals surface area contributed by atoms with Gasteiger partial charge in [0.25, 0.3) is 0 Å². The molecule has 1 saturated carbocycles. The predicted molar refractivity (Wildman–Crippen MR) is 69.7 cm³/mol. The molecule has 1 aromatic rings. The molecule has 1 fully saturated rings. The van der Waals surface area contributed by atoms with E-state index >= 15 is 0 Å². The van der Waals surface area contributed by atoms with Crippen LogP contribution in [0.3, 0.4) is 0 Å². The van der Waals surface area contributed by atoms with Gasteiger partial charge in [0.05, 0.1) is 4.47 Å². The van der Waals surface area contributed by atoms with Crippen LogP contribution in [0, 0.1) is 5.82 Å². The fraction of sp³-hybridized carbons (Fsp3) is 0.538. The minimum absolute atomic E-state index is 0.220. The van der Waals surface area contributed by atoms with Gasteiger partial charge >= 0.3 is 0 Å². The summed E-state index contributed by atoms with van der Waals surface area (Å²) in [5.74, 6) is 0.822. The Hall–Kier alpha value is -0.810. The highest BCUT2D eigenvalue weighted by Gasteiger charge is 2.41. The molecule has 1 aliphatic heterocycles. The molecule has 0 atom stereocenters. The molecule has 3 rings (SSSR count). The van der Waals surface area contributed by atoms with E-state index in [0.29, 0.717) is 41.3 Å². The molecular formula is C13H15BrFNO2. The van der Waals surface area contributed by atoms with E-state index in [4.69, 9.17) is 15.2 Å². The predicted octanol–water partition coefficient (Wildman–Crippen LogP) is 2.74. The number of nitrogens with two attached hydrogens (primary N) is 1. The Morgan fingerprint density at radius 1 is 1.33 bits per heavy atom. The number of hydrogen-bond donors (Lipinski definition) is 1. The summed E-state index contributed by atoms with van der Waals surface area (Å²) < 4.78 is 25.8. The molecule has 2 N–H and O–H groups in total. The minimum Gasteiger partial charge on any atom is -0.486 e. The van der Waals surface area contributed by atoms with E-state index < -0.39 is 0 Å². The van der Waals surface area contributed by atoms with Gasteiger partial charge in [-0.3, -0.25) is 0 Å². The van der Waals surface area contributed by atoms with Gasteiger partial charge in [0.2, 0.25) is 0 Å². The van der Waals surface area contributed by atoms with E-state index in [-0.39, 0.29) is 11.2 Å². The first-order valence-corrected chi connectivity index (χ1v) is 6.95. The molecule has 0 amide bonds. The number of fused-ring (bicyclic) bond motifs is 1. The second kappa shape index (κ2) is 4.38. The fourth-order valence-corrected chi connectivity index (χ4v) is 3.22. The van der Waals surface area contributed by atoms with Gasteiger partial charge in [-0.15, -0.1) is 0 Å². The third-order valence-corrected chi connectivity index (χ3v) is 4.70. The van der Waals surface area contributed by atoms with Crippen LogP contribution in [0.15, 0.2) is 10.5 Å². The molecule has 98 valence electrons. The average Bonchev–Trinajstić information content (AvgIpc) is 2.35. The maximum atomic E-state index is 14.5. The summed E-state index contributed by atoms with van der Waals surface area (Å²) in [7, 11) is 0. The van der Waals surface area contributed by atoms with Crippen molar-refractivity contribution >= 4 is 15.9 Å². The van der Waals surface area contributed by atoms with Gasteiger partial charge in [-0.25, -0.2) is 4.39 Å². The summed E-state index contributed by atoms with van der Waals surface area (Å²) in [6.45, 7) is 1.42. The van der Waals surface area contributed by atoms with Gasteiger partial charge in [0.15, 0.2) is 11.5 Å².